The minimum Gasteiger partial charge on any atom is -0.495 e. The molecule has 1 aliphatic heterocycles. The summed E-state index contributed by atoms with van der Waals surface area (Å²) in [5, 5.41) is 0. The summed E-state index contributed by atoms with van der Waals surface area (Å²) in [5.74, 6) is 0.259. The van der Waals surface area contributed by atoms with Crippen molar-refractivity contribution < 1.29 is 26.3 Å². The zero-order valence-corrected chi connectivity index (χ0v) is 17.9. The number of nitrogens with zero attached hydrogens (tertiary/aromatic N) is 1. The van der Waals surface area contributed by atoms with E-state index in [0.29, 0.717) is 31.9 Å². The van der Waals surface area contributed by atoms with E-state index in [1.54, 1.807) is 37.3 Å². The molecule has 1 fully saturated rings. The first kappa shape index (κ1) is 21.7. The molecular weight excluding hydrogens is 416 g/mol. The van der Waals surface area contributed by atoms with Crippen LogP contribution in [0, 0.1) is 6.92 Å². The van der Waals surface area contributed by atoms with Crippen LogP contribution in [-0.4, -0.2) is 54.6 Å². The maximum Gasteiger partial charge on any atom is 0.244 e. The monoisotopic (exact) mass is 440 g/mol. The highest BCUT2D eigenvalue weighted by Crippen LogP contribution is 2.25. The Labute approximate surface area is 171 Å². The molecule has 10 heteroatoms. The fraction of sp³-hybridized carbons (Fsp3) is 0.368. The topological polar surface area (TPSA) is 102 Å². The van der Waals surface area contributed by atoms with Crippen molar-refractivity contribution in [3.63, 3.8) is 0 Å². The molecule has 2 aromatic carbocycles. The van der Waals surface area contributed by atoms with Gasteiger partial charge in [0.1, 0.15) is 10.6 Å². The Hall–Kier alpha value is -1.98. The van der Waals surface area contributed by atoms with Gasteiger partial charge >= 0.3 is 0 Å². The largest absolute Gasteiger partial charge is 0.495 e. The molecule has 29 heavy (non-hydrogen) atoms. The Kier molecular flexibility index (Phi) is 6.59. The van der Waals surface area contributed by atoms with Crippen LogP contribution in [0.5, 0.6) is 5.75 Å². The van der Waals surface area contributed by atoms with Crippen molar-refractivity contribution in [1.29, 1.82) is 0 Å². The van der Waals surface area contributed by atoms with Gasteiger partial charge in [0.05, 0.1) is 25.2 Å². The SMILES string of the molecule is COc1ccc(C)cc1S(=O)(=O)NCc1ccc(S(=O)(=O)N2CCOCC2)cc1. The Morgan fingerprint density at radius 2 is 1.69 bits per heavy atom. The third kappa shape index (κ3) is 4.96. The molecule has 3 rings (SSSR count). The van der Waals surface area contributed by atoms with Gasteiger partial charge in [-0.1, -0.05) is 18.2 Å². The number of sulfonamides is 2. The van der Waals surface area contributed by atoms with Crippen LogP contribution >= 0.6 is 0 Å². The zero-order chi connectivity index (χ0) is 21.1. The Morgan fingerprint density at radius 1 is 1.03 bits per heavy atom. The number of hydrogen-bond donors (Lipinski definition) is 1. The van der Waals surface area contributed by atoms with Crippen molar-refractivity contribution in [2.75, 3.05) is 33.4 Å². The molecule has 0 radical (unpaired) electrons. The van der Waals surface area contributed by atoms with Crippen LogP contribution in [0.3, 0.4) is 0 Å². The number of nitrogens with one attached hydrogen (secondary N) is 1. The molecule has 0 bridgehead atoms. The quantitative estimate of drug-likeness (QED) is 0.700. The van der Waals surface area contributed by atoms with E-state index in [-0.39, 0.29) is 22.1 Å². The predicted molar refractivity (Wildman–Crippen MR) is 108 cm³/mol. The van der Waals surface area contributed by atoms with Gasteiger partial charge in [0.15, 0.2) is 0 Å². The molecule has 1 saturated heterocycles. The van der Waals surface area contributed by atoms with Crippen molar-refractivity contribution in [2.24, 2.45) is 0 Å². The Bertz CT molecular complexity index is 1060. The summed E-state index contributed by atoms with van der Waals surface area (Å²) >= 11 is 0. The second-order valence-electron chi connectivity index (χ2n) is 6.64. The van der Waals surface area contributed by atoms with Gasteiger partial charge < -0.3 is 9.47 Å². The molecular formula is C19H24N2O6S2. The fourth-order valence-corrected chi connectivity index (χ4v) is 5.64. The standard InChI is InChI=1S/C19H24N2O6S2/c1-15-3-8-18(26-2)19(13-15)28(22,23)20-14-16-4-6-17(7-5-16)29(24,25)21-9-11-27-12-10-21/h3-8,13,20H,9-12,14H2,1-2H3. The van der Waals surface area contributed by atoms with Gasteiger partial charge in [-0.2, -0.15) is 4.31 Å². The van der Waals surface area contributed by atoms with Gasteiger partial charge in [-0.3, -0.25) is 0 Å². The number of hydrogen-bond acceptors (Lipinski definition) is 6. The van der Waals surface area contributed by atoms with Crippen molar-refractivity contribution in [2.45, 2.75) is 23.3 Å². The third-order valence-corrected chi connectivity index (χ3v) is 7.94. The van der Waals surface area contributed by atoms with Crippen molar-refractivity contribution in [1.82, 2.24) is 9.03 Å². The van der Waals surface area contributed by atoms with Crippen LogP contribution in [-0.2, 0) is 31.3 Å². The molecule has 0 saturated carbocycles. The van der Waals surface area contributed by atoms with E-state index in [0.717, 1.165) is 5.56 Å². The summed E-state index contributed by atoms with van der Waals surface area (Å²) in [6.45, 7) is 3.22. The number of benzene rings is 2. The van der Waals surface area contributed by atoms with E-state index in [1.165, 1.54) is 23.5 Å². The summed E-state index contributed by atoms with van der Waals surface area (Å²) in [4.78, 5) is 0.234. The molecule has 158 valence electrons. The van der Waals surface area contributed by atoms with Crippen molar-refractivity contribution in [3.8, 4) is 5.75 Å². The third-order valence-electron chi connectivity index (χ3n) is 4.61. The summed E-state index contributed by atoms with van der Waals surface area (Å²) in [7, 11) is -5.96. The highest BCUT2D eigenvalue weighted by atomic mass is 32.2. The summed E-state index contributed by atoms with van der Waals surface area (Å²) in [5.41, 5.74) is 1.44. The van der Waals surface area contributed by atoms with Crippen LogP contribution in [0.4, 0.5) is 0 Å². The minimum atomic E-state index is -3.79. The molecule has 0 atom stereocenters. The number of methoxy groups -OCH3 is 1. The van der Waals surface area contributed by atoms with Gasteiger partial charge in [-0.25, -0.2) is 21.6 Å². The van der Waals surface area contributed by atoms with Gasteiger partial charge in [-0.05, 0) is 42.3 Å². The predicted octanol–water partition coefficient (Wildman–Crippen LogP) is 1.50. The Balaban J connectivity index is 1.73. The van der Waals surface area contributed by atoms with E-state index >= 15 is 0 Å². The molecule has 0 aromatic heterocycles. The molecule has 1 heterocycles. The molecule has 8 nitrogen and oxygen atoms in total. The zero-order valence-electron chi connectivity index (χ0n) is 16.3. The highest BCUT2D eigenvalue weighted by molar-refractivity contribution is 7.89. The number of ether oxygens (including phenoxy) is 2. The first-order valence-corrected chi connectivity index (χ1v) is 12.0. The number of aryl methyl sites for hydroxylation is 1. The van der Waals surface area contributed by atoms with Gasteiger partial charge in [0, 0.05) is 19.6 Å². The smallest absolute Gasteiger partial charge is 0.244 e. The maximum absolute atomic E-state index is 12.7. The summed E-state index contributed by atoms with van der Waals surface area (Å²) in [6.07, 6.45) is 0. The first-order valence-electron chi connectivity index (χ1n) is 9.05. The normalized spacial score (nSPS) is 15.9. The van der Waals surface area contributed by atoms with E-state index in [1.807, 2.05) is 0 Å². The van der Waals surface area contributed by atoms with Crippen LogP contribution in [0.15, 0.2) is 52.3 Å². The van der Waals surface area contributed by atoms with Crippen LogP contribution < -0.4 is 9.46 Å². The van der Waals surface area contributed by atoms with E-state index in [2.05, 4.69) is 4.72 Å². The lowest BCUT2D eigenvalue weighted by molar-refractivity contribution is 0.0730. The first-order chi connectivity index (χ1) is 13.7. The van der Waals surface area contributed by atoms with Crippen molar-refractivity contribution in [3.05, 3.63) is 53.6 Å². The van der Waals surface area contributed by atoms with Crippen LogP contribution in [0.1, 0.15) is 11.1 Å². The molecule has 0 spiro atoms. The molecule has 2 aromatic rings. The summed E-state index contributed by atoms with van der Waals surface area (Å²) < 4.78 is 64.9. The molecule has 1 N–H and O–H groups in total. The number of rotatable bonds is 7. The maximum atomic E-state index is 12.7. The molecule has 0 unspecified atom stereocenters. The van der Waals surface area contributed by atoms with Crippen LogP contribution in [0.25, 0.3) is 0 Å². The van der Waals surface area contributed by atoms with Gasteiger partial charge in [0.2, 0.25) is 20.0 Å². The lowest BCUT2D eigenvalue weighted by atomic mass is 10.2. The van der Waals surface area contributed by atoms with Crippen molar-refractivity contribution >= 4 is 20.0 Å². The number of morpholine rings is 1. The lowest BCUT2D eigenvalue weighted by Crippen LogP contribution is -2.40. The van der Waals surface area contributed by atoms with E-state index < -0.39 is 20.0 Å². The lowest BCUT2D eigenvalue weighted by Gasteiger charge is -2.26. The molecule has 0 amide bonds. The average molecular weight is 441 g/mol. The average Bonchev–Trinajstić information content (AvgIpc) is 2.73. The molecule has 0 aliphatic carbocycles. The Morgan fingerprint density at radius 3 is 2.31 bits per heavy atom. The summed E-state index contributed by atoms with van der Waals surface area (Å²) in [6, 6.07) is 11.1. The van der Waals surface area contributed by atoms with Crippen LogP contribution in [0.2, 0.25) is 0 Å². The molecule has 1 aliphatic rings. The van der Waals surface area contributed by atoms with Gasteiger partial charge in [0.25, 0.3) is 0 Å². The van der Waals surface area contributed by atoms with E-state index in [9.17, 15) is 16.8 Å². The van der Waals surface area contributed by atoms with Gasteiger partial charge in [-0.15, -0.1) is 0 Å². The second-order valence-corrected chi connectivity index (χ2v) is 10.3. The van der Waals surface area contributed by atoms with E-state index in [4.69, 9.17) is 9.47 Å². The fourth-order valence-electron chi connectivity index (χ4n) is 2.97. The minimum absolute atomic E-state index is 0.0251. The highest BCUT2D eigenvalue weighted by Gasteiger charge is 2.26. The second kappa shape index (κ2) is 8.80.